The summed E-state index contributed by atoms with van der Waals surface area (Å²) in [6, 6.07) is 8.40. The summed E-state index contributed by atoms with van der Waals surface area (Å²) >= 11 is 0. The lowest BCUT2D eigenvalue weighted by Crippen LogP contribution is -2.45. The van der Waals surface area contributed by atoms with Crippen molar-refractivity contribution < 1.29 is 8.42 Å². The molecule has 0 amide bonds. The first kappa shape index (κ1) is 16.2. The van der Waals surface area contributed by atoms with Gasteiger partial charge in [-0.3, -0.25) is 4.98 Å². The lowest BCUT2D eigenvalue weighted by molar-refractivity contribution is 0.461. The van der Waals surface area contributed by atoms with Crippen LogP contribution in [0.15, 0.2) is 30.5 Å². The Morgan fingerprint density at radius 3 is 2.70 bits per heavy atom. The number of sulfonamides is 1. The molecule has 1 aliphatic rings. The molecule has 0 radical (unpaired) electrons. The standard InChI is InChI=1S/C17H23N3O2S/c1-3-23(21,22)19-14-7-10-20(11-8-14)17-6-9-18-16-5-4-13(2)12-15(16)17/h4-6,9,12,14,19H,3,7-8,10-11H2,1-2H3. The van der Waals surface area contributed by atoms with Crippen LogP contribution in [0, 0.1) is 6.92 Å². The van der Waals surface area contributed by atoms with Gasteiger partial charge in [0.25, 0.3) is 0 Å². The SMILES string of the molecule is CCS(=O)(=O)NC1CCN(c2ccnc3ccc(C)cc23)CC1. The van der Waals surface area contributed by atoms with Crippen LogP contribution < -0.4 is 9.62 Å². The highest BCUT2D eigenvalue weighted by Crippen LogP contribution is 2.28. The van der Waals surface area contributed by atoms with Crippen LogP contribution in [0.2, 0.25) is 0 Å². The predicted molar refractivity (Wildman–Crippen MR) is 94.3 cm³/mol. The Hall–Kier alpha value is -1.66. The lowest BCUT2D eigenvalue weighted by Gasteiger charge is -2.34. The van der Waals surface area contributed by atoms with Crippen LogP contribution in [-0.4, -0.2) is 38.3 Å². The van der Waals surface area contributed by atoms with Crippen LogP contribution in [0.25, 0.3) is 10.9 Å². The zero-order chi connectivity index (χ0) is 16.4. The molecule has 0 saturated carbocycles. The zero-order valence-corrected chi connectivity index (χ0v) is 14.4. The van der Waals surface area contributed by atoms with Crippen molar-refractivity contribution in [2.75, 3.05) is 23.7 Å². The number of hydrogen-bond acceptors (Lipinski definition) is 4. The van der Waals surface area contributed by atoms with Crippen LogP contribution in [0.4, 0.5) is 5.69 Å². The number of nitrogens with one attached hydrogen (secondary N) is 1. The van der Waals surface area contributed by atoms with E-state index in [2.05, 4.69) is 45.8 Å². The Bertz CT molecular complexity index is 797. The number of rotatable bonds is 4. The molecule has 1 fully saturated rings. The first-order chi connectivity index (χ1) is 11.0. The molecular formula is C17H23N3O2S. The van der Waals surface area contributed by atoms with Crippen LogP contribution in [0.5, 0.6) is 0 Å². The molecule has 1 N–H and O–H groups in total. The highest BCUT2D eigenvalue weighted by Gasteiger charge is 2.23. The molecule has 2 heterocycles. The minimum Gasteiger partial charge on any atom is -0.371 e. The minimum absolute atomic E-state index is 0.0473. The quantitative estimate of drug-likeness (QED) is 0.933. The van der Waals surface area contributed by atoms with Gasteiger partial charge in [0.05, 0.1) is 11.3 Å². The summed E-state index contributed by atoms with van der Waals surface area (Å²) in [5.74, 6) is 0.140. The molecule has 6 heteroatoms. The van der Waals surface area contributed by atoms with E-state index in [4.69, 9.17) is 0 Å². The van der Waals surface area contributed by atoms with E-state index in [9.17, 15) is 8.42 Å². The normalized spacial score (nSPS) is 16.9. The largest absolute Gasteiger partial charge is 0.371 e. The molecule has 1 saturated heterocycles. The van der Waals surface area contributed by atoms with E-state index in [0.717, 1.165) is 31.4 Å². The van der Waals surface area contributed by atoms with Crippen LogP contribution in [0.1, 0.15) is 25.3 Å². The van der Waals surface area contributed by atoms with E-state index in [1.165, 1.54) is 16.6 Å². The van der Waals surface area contributed by atoms with E-state index in [1.807, 2.05) is 6.20 Å². The second-order valence-electron chi connectivity index (χ2n) is 6.13. The van der Waals surface area contributed by atoms with Gasteiger partial charge in [-0.15, -0.1) is 0 Å². The van der Waals surface area contributed by atoms with Crippen LogP contribution in [-0.2, 0) is 10.0 Å². The molecule has 2 aromatic rings. The van der Waals surface area contributed by atoms with E-state index >= 15 is 0 Å². The molecule has 1 aliphatic heterocycles. The van der Waals surface area contributed by atoms with Crippen LogP contribution in [0.3, 0.4) is 0 Å². The van der Waals surface area contributed by atoms with Gasteiger partial charge >= 0.3 is 0 Å². The number of anilines is 1. The zero-order valence-electron chi connectivity index (χ0n) is 13.6. The van der Waals surface area contributed by atoms with E-state index in [0.29, 0.717) is 0 Å². The third kappa shape index (κ3) is 3.64. The molecule has 0 aliphatic carbocycles. The highest BCUT2D eigenvalue weighted by atomic mass is 32.2. The highest BCUT2D eigenvalue weighted by molar-refractivity contribution is 7.89. The van der Waals surface area contributed by atoms with Gasteiger partial charge in [0, 0.05) is 36.4 Å². The monoisotopic (exact) mass is 333 g/mol. The summed E-state index contributed by atoms with van der Waals surface area (Å²) in [4.78, 5) is 6.77. The molecule has 0 atom stereocenters. The first-order valence-corrected chi connectivity index (χ1v) is 9.74. The summed E-state index contributed by atoms with van der Waals surface area (Å²) in [6.45, 7) is 5.46. The maximum absolute atomic E-state index is 11.7. The van der Waals surface area contributed by atoms with Crippen molar-refractivity contribution in [3.63, 3.8) is 0 Å². The van der Waals surface area contributed by atoms with Crippen molar-refractivity contribution in [1.29, 1.82) is 0 Å². The summed E-state index contributed by atoms with van der Waals surface area (Å²) < 4.78 is 26.2. The maximum atomic E-state index is 11.7. The van der Waals surface area contributed by atoms with E-state index < -0.39 is 10.0 Å². The topological polar surface area (TPSA) is 62.3 Å². The van der Waals surface area contributed by atoms with Gasteiger partial charge in [0.15, 0.2) is 0 Å². The number of aromatic nitrogens is 1. The number of pyridine rings is 1. The van der Waals surface area contributed by atoms with Gasteiger partial charge in [-0.1, -0.05) is 11.6 Å². The van der Waals surface area contributed by atoms with E-state index in [1.54, 1.807) is 6.92 Å². The molecule has 23 heavy (non-hydrogen) atoms. The van der Waals surface area contributed by atoms with Crippen LogP contribution >= 0.6 is 0 Å². The lowest BCUT2D eigenvalue weighted by atomic mass is 10.0. The third-order valence-corrected chi connectivity index (χ3v) is 5.89. The first-order valence-electron chi connectivity index (χ1n) is 8.09. The Kier molecular flexibility index (Phi) is 4.55. The van der Waals surface area contributed by atoms with Crippen molar-refractivity contribution in [2.45, 2.75) is 32.7 Å². The number of hydrogen-bond donors (Lipinski definition) is 1. The van der Waals surface area contributed by atoms with Gasteiger partial charge < -0.3 is 4.90 Å². The van der Waals surface area contributed by atoms with Crippen molar-refractivity contribution in [3.05, 3.63) is 36.0 Å². The van der Waals surface area contributed by atoms with Crippen molar-refractivity contribution in [1.82, 2.24) is 9.71 Å². The fourth-order valence-electron chi connectivity index (χ4n) is 3.10. The summed E-state index contributed by atoms with van der Waals surface area (Å²) in [5.41, 5.74) is 3.41. The maximum Gasteiger partial charge on any atom is 0.211 e. The molecule has 0 spiro atoms. The number of aryl methyl sites for hydroxylation is 1. The van der Waals surface area contributed by atoms with Gasteiger partial charge in [0.1, 0.15) is 0 Å². The molecule has 3 rings (SSSR count). The van der Waals surface area contributed by atoms with Gasteiger partial charge in [-0.2, -0.15) is 0 Å². The molecule has 1 aromatic heterocycles. The Labute approximate surface area is 137 Å². The number of benzene rings is 1. The smallest absolute Gasteiger partial charge is 0.211 e. The Balaban J connectivity index is 1.77. The minimum atomic E-state index is -3.12. The van der Waals surface area contributed by atoms with Gasteiger partial charge in [0.2, 0.25) is 10.0 Å². The van der Waals surface area contributed by atoms with E-state index in [-0.39, 0.29) is 11.8 Å². The summed E-state index contributed by atoms with van der Waals surface area (Å²) in [7, 11) is -3.12. The molecular weight excluding hydrogens is 310 g/mol. The average molecular weight is 333 g/mol. The number of piperidine rings is 1. The summed E-state index contributed by atoms with van der Waals surface area (Å²) in [6.07, 6.45) is 3.50. The second-order valence-corrected chi connectivity index (χ2v) is 8.18. The van der Waals surface area contributed by atoms with Gasteiger partial charge in [-0.05, 0) is 44.9 Å². The number of nitrogens with zero attached hydrogens (tertiary/aromatic N) is 2. The fourth-order valence-corrected chi connectivity index (χ4v) is 4.01. The van der Waals surface area contributed by atoms with Crippen molar-refractivity contribution in [3.8, 4) is 0 Å². The Morgan fingerprint density at radius 2 is 2.00 bits per heavy atom. The van der Waals surface area contributed by atoms with Crippen molar-refractivity contribution in [2.24, 2.45) is 0 Å². The summed E-state index contributed by atoms with van der Waals surface area (Å²) in [5, 5.41) is 1.17. The molecule has 1 aromatic carbocycles. The third-order valence-electron chi connectivity index (χ3n) is 4.44. The molecule has 0 bridgehead atoms. The molecule has 0 unspecified atom stereocenters. The predicted octanol–water partition coefficient (Wildman–Crippen LogP) is 2.45. The average Bonchev–Trinajstić information content (AvgIpc) is 2.55. The second kappa shape index (κ2) is 6.45. The fraction of sp³-hybridized carbons (Fsp3) is 0.471. The molecule has 124 valence electrons. The van der Waals surface area contributed by atoms with Crippen molar-refractivity contribution >= 4 is 26.6 Å². The molecule has 5 nitrogen and oxygen atoms in total. The van der Waals surface area contributed by atoms with Gasteiger partial charge in [-0.25, -0.2) is 13.1 Å². The Morgan fingerprint density at radius 1 is 1.26 bits per heavy atom. The number of fused-ring (bicyclic) bond motifs is 1.